The monoisotopic (exact) mass is 268 g/mol. The summed E-state index contributed by atoms with van der Waals surface area (Å²) in [6.45, 7) is 1.31. The minimum absolute atomic E-state index is 0.294. The second-order valence-electron chi connectivity index (χ2n) is 3.20. The van der Waals surface area contributed by atoms with Crippen LogP contribution in [0.15, 0.2) is 27.7 Å². The minimum Gasteiger partial charge on any atom is -0.465 e. The molecule has 88 valence electrons. The van der Waals surface area contributed by atoms with Gasteiger partial charge in [-0.15, -0.1) is 0 Å². The minimum atomic E-state index is -0.355. The van der Waals surface area contributed by atoms with Crippen molar-refractivity contribution in [3.8, 4) is 0 Å². The molecule has 2 amide bonds. The van der Waals surface area contributed by atoms with Crippen molar-refractivity contribution >= 4 is 46.2 Å². The molecule has 1 aromatic rings. The van der Waals surface area contributed by atoms with Gasteiger partial charge in [0.05, 0.1) is 11.2 Å². The lowest BCUT2D eigenvalue weighted by atomic mass is 10.4. The average Bonchev–Trinajstić information content (AvgIpc) is 2.83. The zero-order valence-electron chi connectivity index (χ0n) is 8.80. The van der Waals surface area contributed by atoms with Gasteiger partial charge in [-0.05, 0) is 24.4 Å². The quantitative estimate of drug-likeness (QED) is 0.651. The number of carbonyl (C=O) groups excluding carboxylic acids is 2. The van der Waals surface area contributed by atoms with E-state index in [0.717, 1.165) is 16.8 Å². The molecule has 0 spiro atoms. The highest BCUT2D eigenvalue weighted by Crippen LogP contribution is 2.31. The number of rotatable bonds is 2. The Morgan fingerprint density at radius 2 is 2.41 bits per heavy atom. The summed E-state index contributed by atoms with van der Waals surface area (Å²) in [5.74, 6) is -0.138. The van der Waals surface area contributed by atoms with E-state index in [9.17, 15) is 9.59 Å². The number of carbonyl (C=O) groups is 2. The van der Waals surface area contributed by atoms with Gasteiger partial charge in [-0.2, -0.15) is 5.01 Å². The molecule has 2 rings (SSSR count). The number of hydrogen-bond donors (Lipinski definition) is 1. The van der Waals surface area contributed by atoms with E-state index >= 15 is 0 Å². The summed E-state index contributed by atoms with van der Waals surface area (Å²) in [7, 11) is 0. The fraction of sp³-hybridized carbons (Fsp3) is 0.100. The Hall–Kier alpha value is -1.60. The molecule has 0 radical (unpaired) electrons. The molecule has 0 unspecified atom stereocenters. The second-order valence-corrected chi connectivity index (χ2v) is 4.88. The first kappa shape index (κ1) is 11.9. The van der Waals surface area contributed by atoms with Gasteiger partial charge in [0.15, 0.2) is 4.32 Å². The first-order valence-electron chi connectivity index (χ1n) is 4.66. The zero-order chi connectivity index (χ0) is 12.4. The van der Waals surface area contributed by atoms with E-state index in [1.807, 2.05) is 0 Å². The fourth-order valence-corrected chi connectivity index (χ4v) is 2.38. The van der Waals surface area contributed by atoms with Crippen LogP contribution in [0.1, 0.15) is 12.7 Å². The van der Waals surface area contributed by atoms with Gasteiger partial charge in [0, 0.05) is 13.0 Å². The Morgan fingerprint density at radius 1 is 1.65 bits per heavy atom. The van der Waals surface area contributed by atoms with Crippen molar-refractivity contribution in [3.63, 3.8) is 0 Å². The predicted octanol–water partition coefficient (Wildman–Crippen LogP) is 1.53. The van der Waals surface area contributed by atoms with E-state index in [1.165, 1.54) is 13.2 Å². The zero-order valence-corrected chi connectivity index (χ0v) is 10.4. The number of hydrogen-bond acceptors (Lipinski definition) is 5. The Bertz CT molecular complexity index is 508. The number of hydrazine groups is 1. The molecule has 17 heavy (non-hydrogen) atoms. The lowest BCUT2D eigenvalue weighted by molar-refractivity contribution is -0.131. The van der Waals surface area contributed by atoms with E-state index in [-0.39, 0.29) is 11.8 Å². The van der Waals surface area contributed by atoms with E-state index in [0.29, 0.717) is 15.0 Å². The third kappa shape index (κ3) is 2.56. The van der Waals surface area contributed by atoms with E-state index in [1.54, 1.807) is 18.2 Å². The SMILES string of the molecule is CC(=O)NN1C(=O)/C(=C\c2ccco2)SC1=S. The van der Waals surface area contributed by atoms with Gasteiger partial charge >= 0.3 is 0 Å². The Morgan fingerprint density at radius 3 is 3.00 bits per heavy atom. The molecule has 0 saturated carbocycles. The number of nitrogens with zero attached hydrogens (tertiary/aromatic N) is 1. The van der Waals surface area contributed by atoms with E-state index in [4.69, 9.17) is 16.6 Å². The van der Waals surface area contributed by atoms with Crippen LogP contribution in [0.4, 0.5) is 0 Å². The summed E-state index contributed by atoms with van der Waals surface area (Å²) in [4.78, 5) is 23.2. The normalized spacial score (nSPS) is 17.9. The Balaban J connectivity index is 2.21. The molecule has 0 aromatic carbocycles. The van der Waals surface area contributed by atoms with Crippen LogP contribution in [0.25, 0.3) is 6.08 Å². The molecule has 1 aliphatic rings. The molecule has 1 saturated heterocycles. The molecular weight excluding hydrogens is 260 g/mol. The number of furan rings is 1. The predicted molar refractivity (Wildman–Crippen MR) is 67.5 cm³/mol. The summed E-state index contributed by atoms with van der Waals surface area (Å²) in [5.41, 5.74) is 2.36. The first-order chi connectivity index (χ1) is 8.08. The van der Waals surface area contributed by atoms with Gasteiger partial charge in [-0.3, -0.25) is 15.0 Å². The largest absolute Gasteiger partial charge is 0.465 e. The van der Waals surface area contributed by atoms with Crippen LogP contribution in [-0.4, -0.2) is 21.1 Å². The van der Waals surface area contributed by atoms with Crippen molar-refractivity contribution in [1.82, 2.24) is 10.4 Å². The van der Waals surface area contributed by atoms with E-state index < -0.39 is 0 Å². The van der Waals surface area contributed by atoms with Crippen LogP contribution in [0.3, 0.4) is 0 Å². The number of thioether (sulfide) groups is 1. The smallest absolute Gasteiger partial charge is 0.285 e. The molecule has 1 N–H and O–H groups in total. The van der Waals surface area contributed by atoms with Gasteiger partial charge in [-0.25, -0.2) is 0 Å². The average molecular weight is 268 g/mol. The van der Waals surface area contributed by atoms with Crippen molar-refractivity contribution in [2.75, 3.05) is 0 Å². The van der Waals surface area contributed by atoms with E-state index in [2.05, 4.69) is 5.43 Å². The van der Waals surface area contributed by atoms with Gasteiger partial charge in [0.25, 0.3) is 5.91 Å². The maximum absolute atomic E-state index is 11.9. The molecule has 0 bridgehead atoms. The highest BCUT2D eigenvalue weighted by Gasteiger charge is 2.33. The van der Waals surface area contributed by atoms with Gasteiger partial charge in [-0.1, -0.05) is 11.8 Å². The lowest BCUT2D eigenvalue weighted by Crippen LogP contribution is -2.43. The van der Waals surface area contributed by atoms with Crippen LogP contribution in [0.5, 0.6) is 0 Å². The van der Waals surface area contributed by atoms with Crippen molar-refractivity contribution in [2.24, 2.45) is 0 Å². The summed E-state index contributed by atoms with van der Waals surface area (Å²) >= 11 is 6.11. The molecule has 7 heteroatoms. The lowest BCUT2D eigenvalue weighted by Gasteiger charge is -2.13. The van der Waals surface area contributed by atoms with Crippen molar-refractivity contribution < 1.29 is 14.0 Å². The molecule has 1 aromatic heterocycles. The van der Waals surface area contributed by atoms with Crippen LogP contribution < -0.4 is 5.43 Å². The summed E-state index contributed by atoms with van der Waals surface area (Å²) in [6, 6.07) is 3.45. The maximum atomic E-state index is 11.9. The maximum Gasteiger partial charge on any atom is 0.285 e. The van der Waals surface area contributed by atoms with Gasteiger partial charge < -0.3 is 4.42 Å². The van der Waals surface area contributed by atoms with Crippen molar-refractivity contribution in [3.05, 3.63) is 29.1 Å². The standard InChI is InChI=1S/C10H8N2O3S2/c1-6(13)11-12-9(14)8(17-10(12)16)5-7-3-2-4-15-7/h2-5H,1H3,(H,11,13)/b8-5+. The van der Waals surface area contributed by atoms with Crippen LogP contribution in [0, 0.1) is 0 Å². The second kappa shape index (κ2) is 4.72. The van der Waals surface area contributed by atoms with Crippen molar-refractivity contribution in [2.45, 2.75) is 6.92 Å². The Labute approximate surface area is 107 Å². The molecular formula is C10H8N2O3S2. The molecule has 5 nitrogen and oxygen atoms in total. The Kier molecular flexibility index (Phi) is 3.30. The molecule has 1 aliphatic heterocycles. The van der Waals surface area contributed by atoms with Crippen LogP contribution in [0.2, 0.25) is 0 Å². The highest BCUT2D eigenvalue weighted by molar-refractivity contribution is 8.26. The summed E-state index contributed by atoms with van der Waals surface area (Å²) in [6.07, 6.45) is 3.10. The molecule has 0 aliphatic carbocycles. The van der Waals surface area contributed by atoms with Gasteiger partial charge in [0.2, 0.25) is 5.91 Å². The first-order valence-corrected chi connectivity index (χ1v) is 5.89. The fourth-order valence-electron chi connectivity index (χ4n) is 1.22. The topological polar surface area (TPSA) is 62.6 Å². The van der Waals surface area contributed by atoms with Crippen LogP contribution in [-0.2, 0) is 9.59 Å². The number of thiocarbonyl (C=S) groups is 1. The van der Waals surface area contributed by atoms with Crippen molar-refractivity contribution in [1.29, 1.82) is 0 Å². The summed E-state index contributed by atoms with van der Waals surface area (Å²) in [5, 5.41) is 1.05. The molecule has 1 fully saturated rings. The third-order valence-electron chi connectivity index (χ3n) is 1.88. The third-order valence-corrected chi connectivity index (χ3v) is 3.18. The molecule has 0 atom stereocenters. The highest BCUT2D eigenvalue weighted by atomic mass is 32.2. The van der Waals surface area contributed by atoms with Crippen LogP contribution >= 0.6 is 24.0 Å². The number of nitrogens with one attached hydrogen (secondary N) is 1. The van der Waals surface area contributed by atoms with Gasteiger partial charge in [0.1, 0.15) is 5.76 Å². The number of amides is 2. The molecule has 2 heterocycles. The summed E-state index contributed by atoms with van der Waals surface area (Å²) < 4.78 is 5.40.